The Bertz CT molecular complexity index is 794. The number of aromatic nitrogens is 2. The molecule has 0 spiro atoms. The van der Waals surface area contributed by atoms with E-state index >= 15 is 0 Å². The van der Waals surface area contributed by atoms with Crippen LogP contribution in [0.25, 0.3) is 5.69 Å². The van der Waals surface area contributed by atoms with Crippen LogP contribution in [0.15, 0.2) is 35.4 Å². The normalized spacial score (nSPS) is 19.3. The number of rotatable bonds is 2. The van der Waals surface area contributed by atoms with E-state index < -0.39 is 18.3 Å². The topological polar surface area (TPSA) is 45.4 Å². The molecule has 1 fully saturated rings. The largest absolute Gasteiger partial charge is 0.494 e. The van der Waals surface area contributed by atoms with Gasteiger partial charge in [0.1, 0.15) is 0 Å². The SMILES string of the molecule is Cn1ccn(-c2ccc(B3OC(C)(C)C(C)(C)O3)cc2Cl)c1=O. The maximum atomic E-state index is 12.1. The van der Waals surface area contributed by atoms with Gasteiger partial charge in [-0.25, -0.2) is 4.79 Å². The Morgan fingerprint density at radius 1 is 1.09 bits per heavy atom. The Kier molecular flexibility index (Phi) is 3.74. The van der Waals surface area contributed by atoms with Crippen molar-refractivity contribution in [3.8, 4) is 5.69 Å². The first-order valence-corrected chi connectivity index (χ1v) is 7.90. The van der Waals surface area contributed by atoms with Gasteiger partial charge in [0, 0.05) is 19.4 Å². The van der Waals surface area contributed by atoms with Gasteiger partial charge in [0.15, 0.2) is 0 Å². The van der Waals surface area contributed by atoms with Gasteiger partial charge in [0.2, 0.25) is 0 Å². The average molecular weight is 335 g/mol. The van der Waals surface area contributed by atoms with Crippen molar-refractivity contribution in [1.29, 1.82) is 0 Å². The highest BCUT2D eigenvalue weighted by molar-refractivity contribution is 6.62. The van der Waals surface area contributed by atoms with E-state index in [1.54, 1.807) is 25.5 Å². The summed E-state index contributed by atoms with van der Waals surface area (Å²) in [5.74, 6) is 0. The molecule has 2 heterocycles. The third-order valence-corrected chi connectivity index (χ3v) is 5.01. The summed E-state index contributed by atoms with van der Waals surface area (Å²) in [7, 11) is 1.23. The van der Waals surface area contributed by atoms with Crippen LogP contribution >= 0.6 is 11.6 Å². The number of hydrogen-bond donors (Lipinski definition) is 0. The first kappa shape index (κ1) is 16.4. The van der Waals surface area contributed by atoms with Gasteiger partial charge >= 0.3 is 12.8 Å². The summed E-state index contributed by atoms with van der Waals surface area (Å²) in [4.78, 5) is 12.1. The summed E-state index contributed by atoms with van der Waals surface area (Å²) >= 11 is 6.39. The molecule has 0 unspecified atom stereocenters. The molecule has 1 aliphatic heterocycles. The standard InChI is InChI=1S/C16H20BClN2O3/c1-15(2)16(3,4)23-17(22-15)11-6-7-13(12(18)10-11)20-9-8-19(5)14(20)21/h6-10H,1-5H3. The van der Waals surface area contributed by atoms with Crippen LogP contribution in [0.3, 0.4) is 0 Å². The monoisotopic (exact) mass is 334 g/mol. The lowest BCUT2D eigenvalue weighted by molar-refractivity contribution is 0.00578. The fourth-order valence-electron chi connectivity index (χ4n) is 2.49. The van der Waals surface area contributed by atoms with Gasteiger partial charge in [0.05, 0.1) is 21.9 Å². The predicted octanol–water partition coefficient (Wildman–Crippen LogP) is 2.13. The first-order chi connectivity index (χ1) is 10.6. The average Bonchev–Trinajstić information content (AvgIpc) is 2.88. The molecule has 0 N–H and O–H groups in total. The Morgan fingerprint density at radius 3 is 2.17 bits per heavy atom. The number of hydrogen-bond acceptors (Lipinski definition) is 3. The van der Waals surface area contributed by atoms with Crippen molar-refractivity contribution < 1.29 is 9.31 Å². The summed E-state index contributed by atoms with van der Waals surface area (Å²) in [6.45, 7) is 8.03. The van der Waals surface area contributed by atoms with E-state index in [9.17, 15) is 4.79 Å². The number of nitrogens with zero attached hydrogens (tertiary/aromatic N) is 2. The third kappa shape index (κ3) is 2.65. The molecule has 0 bridgehead atoms. The number of imidazole rings is 1. The molecule has 3 rings (SSSR count). The van der Waals surface area contributed by atoms with Gasteiger partial charge in [0.25, 0.3) is 0 Å². The van der Waals surface area contributed by atoms with Crippen molar-refractivity contribution in [1.82, 2.24) is 9.13 Å². The van der Waals surface area contributed by atoms with E-state index in [0.717, 1.165) is 5.46 Å². The maximum Gasteiger partial charge on any atom is 0.494 e. The van der Waals surface area contributed by atoms with Crippen LogP contribution in [-0.4, -0.2) is 27.5 Å². The quantitative estimate of drug-likeness (QED) is 0.790. The van der Waals surface area contributed by atoms with E-state index in [2.05, 4.69) is 0 Å². The first-order valence-electron chi connectivity index (χ1n) is 7.52. The van der Waals surface area contributed by atoms with Crippen molar-refractivity contribution >= 4 is 24.2 Å². The summed E-state index contributed by atoms with van der Waals surface area (Å²) in [5, 5.41) is 0.477. The van der Waals surface area contributed by atoms with Crippen LogP contribution in [0, 0.1) is 0 Å². The van der Waals surface area contributed by atoms with Crippen molar-refractivity contribution in [3.63, 3.8) is 0 Å². The highest BCUT2D eigenvalue weighted by atomic mass is 35.5. The molecule has 23 heavy (non-hydrogen) atoms. The molecule has 2 aromatic rings. The second kappa shape index (κ2) is 5.26. The predicted molar refractivity (Wildman–Crippen MR) is 91.7 cm³/mol. The van der Waals surface area contributed by atoms with Crippen LogP contribution < -0.4 is 11.2 Å². The molecule has 0 aliphatic carbocycles. The molecular weight excluding hydrogens is 314 g/mol. The number of aryl methyl sites for hydroxylation is 1. The van der Waals surface area contributed by atoms with E-state index in [1.807, 2.05) is 39.8 Å². The van der Waals surface area contributed by atoms with Crippen LogP contribution in [0.2, 0.25) is 5.02 Å². The molecule has 0 atom stereocenters. The molecule has 122 valence electrons. The molecule has 5 nitrogen and oxygen atoms in total. The van der Waals surface area contributed by atoms with Gasteiger partial charge in [-0.1, -0.05) is 17.7 Å². The smallest absolute Gasteiger partial charge is 0.399 e. The summed E-state index contributed by atoms with van der Waals surface area (Å²) in [6, 6.07) is 5.48. The molecule has 1 aromatic heterocycles. The third-order valence-electron chi connectivity index (χ3n) is 4.70. The Labute approximate surface area is 140 Å². The number of benzene rings is 1. The zero-order valence-corrected chi connectivity index (χ0v) is 14.7. The van der Waals surface area contributed by atoms with E-state index in [1.165, 1.54) is 9.13 Å². The van der Waals surface area contributed by atoms with Gasteiger partial charge in [-0.05, 0) is 45.3 Å². The highest BCUT2D eigenvalue weighted by Crippen LogP contribution is 2.36. The zero-order chi connectivity index (χ0) is 17.0. The maximum absolute atomic E-state index is 12.1. The lowest BCUT2D eigenvalue weighted by atomic mass is 9.79. The lowest BCUT2D eigenvalue weighted by Crippen LogP contribution is -2.41. The van der Waals surface area contributed by atoms with Gasteiger partial charge < -0.3 is 13.9 Å². The molecular formula is C16H20BClN2O3. The van der Waals surface area contributed by atoms with Crippen LogP contribution in [-0.2, 0) is 16.4 Å². The summed E-state index contributed by atoms with van der Waals surface area (Å²) in [6.07, 6.45) is 3.39. The van der Waals surface area contributed by atoms with Gasteiger partial charge in [-0.2, -0.15) is 0 Å². The van der Waals surface area contributed by atoms with Crippen molar-refractivity contribution in [2.75, 3.05) is 0 Å². The Morgan fingerprint density at radius 2 is 1.70 bits per heavy atom. The fourth-order valence-corrected chi connectivity index (χ4v) is 2.77. The number of halogens is 1. The highest BCUT2D eigenvalue weighted by Gasteiger charge is 2.51. The second-order valence-electron chi connectivity index (χ2n) is 6.86. The molecule has 1 saturated heterocycles. The van der Waals surface area contributed by atoms with E-state index in [4.69, 9.17) is 20.9 Å². The lowest BCUT2D eigenvalue weighted by Gasteiger charge is -2.32. The molecule has 1 aliphatic rings. The van der Waals surface area contributed by atoms with Crippen LogP contribution in [0.1, 0.15) is 27.7 Å². The van der Waals surface area contributed by atoms with Crippen molar-refractivity contribution in [2.24, 2.45) is 7.05 Å². The van der Waals surface area contributed by atoms with E-state index in [-0.39, 0.29) is 5.69 Å². The molecule has 0 saturated carbocycles. The van der Waals surface area contributed by atoms with Crippen LogP contribution in [0.4, 0.5) is 0 Å². The minimum atomic E-state index is -0.473. The van der Waals surface area contributed by atoms with Crippen molar-refractivity contribution in [3.05, 3.63) is 46.1 Å². The minimum absolute atomic E-state index is 0.143. The Balaban J connectivity index is 1.95. The molecule has 7 heteroatoms. The Hall–Kier alpha value is -1.50. The fraction of sp³-hybridized carbons (Fsp3) is 0.438. The minimum Gasteiger partial charge on any atom is -0.399 e. The molecule has 1 aromatic carbocycles. The zero-order valence-electron chi connectivity index (χ0n) is 14.0. The van der Waals surface area contributed by atoms with Gasteiger partial charge in [-0.3, -0.25) is 4.57 Å². The van der Waals surface area contributed by atoms with E-state index in [0.29, 0.717) is 10.7 Å². The molecule has 0 amide bonds. The van der Waals surface area contributed by atoms with Crippen LogP contribution in [0.5, 0.6) is 0 Å². The van der Waals surface area contributed by atoms with Crippen molar-refractivity contribution in [2.45, 2.75) is 38.9 Å². The van der Waals surface area contributed by atoms with Gasteiger partial charge in [-0.15, -0.1) is 0 Å². The summed E-state index contributed by atoms with van der Waals surface area (Å²) < 4.78 is 15.1. The second-order valence-corrected chi connectivity index (χ2v) is 7.27. The molecule has 0 radical (unpaired) electrons. The summed E-state index contributed by atoms with van der Waals surface area (Å²) in [5.41, 5.74) is 0.521.